The van der Waals surface area contributed by atoms with Gasteiger partial charge in [0.2, 0.25) is 5.88 Å². The number of nitrogens with one attached hydrogen (secondary N) is 1. The summed E-state index contributed by atoms with van der Waals surface area (Å²) in [5.41, 5.74) is 2.24. The van der Waals surface area contributed by atoms with Crippen LogP contribution in [0, 0.1) is 0 Å². The molecule has 4 heteroatoms. The Bertz CT molecular complexity index is 301. The van der Waals surface area contributed by atoms with Crippen molar-refractivity contribution in [1.82, 2.24) is 15.3 Å². The van der Waals surface area contributed by atoms with Crippen LogP contribution in [0.5, 0.6) is 5.88 Å². The van der Waals surface area contributed by atoms with Gasteiger partial charge in [-0.3, -0.25) is 0 Å². The van der Waals surface area contributed by atoms with E-state index in [2.05, 4.69) is 15.3 Å². The minimum Gasteiger partial charge on any atom is -0.478 e. The molecule has 1 aromatic heterocycles. The maximum atomic E-state index is 5.43. The summed E-state index contributed by atoms with van der Waals surface area (Å²) in [6.07, 6.45) is 2.53. The Morgan fingerprint density at radius 2 is 2.46 bits per heavy atom. The molecule has 0 atom stereocenters. The van der Waals surface area contributed by atoms with Crippen molar-refractivity contribution >= 4 is 0 Å². The van der Waals surface area contributed by atoms with Crippen LogP contribution in [-0.4, -0.2) is 23.1 Å². The second-order valence-corrected chi connectivity index (χ2v) is 2.96. The van der Waals surface area contributed by atoms with Gasteiger partial charge in [-0.2, -0.15) is 0 Å². The first kappa shape index (κ1) is 8.44. The van der Waals surface area contributed by atoms with E-state index >= 15 is 0 Å². The highest BCUT2D eigenvalue weighted by atomic mass is 16.5. The lowest BCUT2D eigenvalue weighted by Gasteiger charge is -2.17. The molecule has 0 amide bonds. The molecule has 0 bridgehead atoms. The van der Waals surface area contributed by atoms with Crippen molar-refractivity contribution in [3.8, 4) is 5.88 Å². The Kier molecular flexibility index (Phi) is 2.40. The van der Waals surface area contributed by atoms with Crippen LogP contribution in [0.15, 0.2) is 6.33 Å². The van der Waals surface area contributed by atoms with Gasteiger partial charge in [-0.25, -0.2) is 9.97 Å². The van der Waals surface area contributed by atoms with Gasteiger partial charge in [0.25, 0.3) is 0 Å². The van der Waals surface area contributed by atoms with E-state index in [9.17, 15) is 0 Å². The molecule has 0 radical (unpaired) electrons. The first-order chi connectivity index (χ1) is 6.42. The molecule has 13 heavy (non-hydrogen) atoms. The summed E-state index contributed by atoms with van der Waals surface area (Å²) >= 11 is 0. The van der Waals surface area contributed by atoms with Crippen LogP contribution in [0.2, 0.25) is 0 Å². The van der Waals surface area contributed by atoms with Crippen molar-refractivity contribution in [1.29, 1.82) is 0 Å². The van der Waals surface area contributed by atoms with Crippen LogP contribution in [-0.2, 0) is 13.0 Å². The molecule has 1 N–H and O–H groups in total. The fourth-order valence-corrected chi connectivity index (χ4v) is 1.52. The Balaban J connectivity index is 2.34. The van der Waals surface area contributed by atoms with Gasteiger partial charge in [-0.05, 0) is 19.9 Å². The highest BCUT2D eigenvalue weighted by molar-refractivity contribution is 5.31. The standard InChI is InChI=1S/C9H13N3O/c1-2-13-9-7-3-4-10-5-8(7)11-6-12-9/h6,10H,2-5H2,1H3. The monoisotopic (exact) mass is 179 g/mol. The smallest absolute Gasteiger partial charge is 0.219 e. The summed E-state index contributed by atoms with van der Waals surface area (Å²) in [4.78, 5) is 8.33. The highest BCUT2D eigenvalue weighted by Gasteiger charge is 2.15. The van der Waals surface area contributed by atoms with Crippen LogP contribution < -0.4 is 10.1 Å². The molecule has 2 heterocycles. The second kappa shape index (κ2) is 3.70. The zero-order valence-corrected chi connectivity index (χ0v) is 7.71. The third-order valence-electron chi connectivity index (χ3n) is 2.12. The molecule has 1 aliphatic heterocycles. The summed E-state index contributed by atoms with van der Waals surface area (Å²) in [6, 6.07) is 0. The minimum atomic E-state index is 0.664. The van der Waals surface area contributed by atoms with Gasteiger partial charge in [0.15, 0.2) is 0 Å². The van der Waals surface area contributed by atoms with Crippen LogP contribution in [0.3, 0.4) is 0 Å². The zero-order valence-electron chi connectivity index (χ0n) is 7.71. The van der Waals surface area contributed by atoms with Crippen molar-refractivity contribution in [2.45, 2.75) is 19.9 Å². The molecular weight excluding hydrogens is 166 g/mol. The second-order valence-electron chi connectivity index (χ2n) is 2.96. The number of rotatable bonds is 2. The number of fused-ring (bicyclic) bond motifs is 1. The van der Waals surface area contributed by atoms with E-state index in [0.717, 1.165) is 31.1 Å². The lowest BCUT2D eigenvalue weighted by Crippen LogP contribution is -2.25. The van der Waals surface area contributed by atoms with E-state index in [0.29, 0.717) is 6.61 Å². The molecule has 4 nitrogen and oxygen atoms in total. The molecule has 0 unspecified atom stereocenters. The highest BCUT2D eigenvalue weighted by Crippen LogP contribution is 2.20. The molecule has 1 aliphatic rings. The van der Waals surface area contributed by atoms with Crippen molar-refractivity contribution in [3.63, 3.8) is 0 Å². The van der Waals surface area contributed by atoms with Gasteiger partial charge in [0.1, 0.15) is 6.33 Å². The summed E-state index contributed by atoms with van der Waals surface area (Å²) in [5, 5.41) is 3.26. The molecule has 0 aromatic carbocycles. The normalized spacial score (nSPS) is 15.2. The average Bonchev–Trinajstić information content (AvgIpc) is 2.19. The predicted molar refractivity (Wildman–Crippen MR) is 48.6 cm³/mol. The van der Waals surface area contributed by atoms with Gasteiger partial charge in [0, 0.05) is 12.1 Å². The third-order valence-corrected chi connectivity index (χ3v) is 2.12. The molecule has 0 spiro atoms. The fraction of sp³-hybridized carbons (Fsp3) is 0.556. The number of ether oxygens (including phenoxy) is 1. The maximum Gasteiger partial charge on any atom is 0.219 e. The lowest BCUT2D eigenvalue weighted by atomic mass is 10.1. The van der Waals surface area contributed by atoms with E-state index in [1.807, 2.05) is 6.92 Å². The van der Waals surface area contributed by atoms with Crippen LogP contribution in [0.4, 0.5) is 0 Å². The summed E-state index contributed by atoms with van der Waals surface area (Å²) in [6.45, 7) is 4.45. The summed E-state index contributed by atoms with van der Waals surface area (Å²) in [7, 11) is 0. The van der Waals surface area contributed by atoms with Gasteiger partial charge < -0.3 is 10.1 Å². The molecule has 2 rings (SSSR count). The Hall–Kier alpha value is -1.16. The summed E-state index contributed by atoms with van der Waals surface area (Å²) in [5.74, 6) is 0.758. The Morgan fingerprint density at radius 1 is 1.54 bits per heavy atom. The predicted octanol–water partition coefficient (Wildman–Crippen LogP) is 0.521. The molecule has 0 fully saturated rings. The first-order valence-corrected chi connectivity index (χ1v) is 4.58. The van der Waals surface area contributed by atoms with Crippen molar-refractivity contribution < 1.29 is 4.74 Å². The van der Waals surface area contributed by atoms with Gasteiger partial charge in [0.05, 0.1) is 12.3 Å². The van der Waals surface area contributed by atoms with E-state index in [1.165, 1.54) is 5.56 Å². The van der Waals surface area contributed by atoms with Gasteiger partial charge in [-0.1, -0.05) is 0 Å². The van der Waals surface area contributed by atoms with E-state index < -0.39 is 0 Å². The van der Waals surface area contributed by atoms with Gasteiger partial charge in [-0.15, -0.1) is 0 Å². The Morgan fingerprint density at radius 3 is 3.31 bits per heavy atom. The van der Waals surface area contributed by atoms with E-state index in [-0.39, 0.29) is 0 Å². The van der Waals surface area contributed by atoms with Crippen LogP contribution in [0.1, 0.15) is 18.2 Å². The number of aromatic nitrogens is 2. The van der Waals surface area contributed by atoms with E-state index in [1.54, 1.807) is 6.33 Å². The fourth-order valence-electron chi connectivity index (χ4n) is 1.52. The SMILES string of the molecule is CCOc1ncnc2c1CCNC2. The van der Waals surface area contributed by atoms with Crippen molar-refractivity contribution in [3.05, 3.63) is 17.6 Å². The summed E-state index contributed by atoms with van der Waals surface area (Å²) < 4.78 is 5.43. The average molecular weight is 179 g/mol. The Labute approximate surface area is 77.4 Å². The van der Waals surface area contributed by atoms with Crippen molar-refractivity contribution in [2.24, 2.45) is 0 Å². The first-order valence-electron chi connectivity index (χ1n) is 4.58. The molecule has 70 valence electrons. The van der Waals surface area contributed by atoms with E-state index in [4.69, 9.17) is 4.74 Å². The zero-order chi connectivity index (χ0) is 9.10. The largest absolute Gasteiger partial charge is 0.478 e. The quantitative estimate of drug-likeness (QED) is 0.719. The molecule has 0 aliphatic carbocycles. The minimum absolute atomic E-state index is 0.664. The number of hydrogen-bond acceptors (Lipinski definition) is 4. The molecule has 0 saturated carbocycles. The number of hydrogen-bond donors (Lipinski definition) is 1. The number of nitrogens with zero attached hydrogens (tertiary/aromatic N) is 2. The lowest BCUT2D eigenvalue weighted by molar-refractivity contribution is 0.319. The maximum absolute atomic E-state index is 5.43. The van der Waals surface area contributed by atoms with Crippen LogP contribution >= 0.6 is 0 Å². The van der Waals surface area contributed by atoms with Crippen LogP contribution in [0.25, 0.3) is 0 Å². The third kappa shape index (κ3) is 1.62. The molecular formula is C9H13N3O. The molecule has 0 saturated heterocycles. The molecule has 1 aromatic rings. The topological polar surface area (TPSA) is 47.0 Å². The van der Waals surface area contributed by atoms with Gasteiger partial charge >= 0.3 is 0 Å². The van der Waals surface area contributed by atoms with Crippen molar-refractivity contribution in [2.75, 3.05) is 13.2 Å².